The first-order chi connectivity index (χ1) is 6.60. The summed E-state index contributed by atoms with van der Waals surface area (Å²) in [4.78, 5) is 22.0. The quantitative estimate of drug-likeness (QED) is 0.603. The molecule has 0 amide bonds. The van der Waals surface area contributed by atoms with Gasteiger partial charge in [0.2, 0.25) is 0 Å². The van der Waals surface area contributed by atoms with Crippen molar-refractivity contribution in [1.82, 2.24) is 0 Å². The van der Waals surface area contributed by atoms with Gasteiger partial charge in [-0.25, -0.2) is 4.79 Å². The molecular weight excluding hydrogens is 248 g/mol. The standard InChI is InChI=1S/C10H9BrO3/c1-6-3-7(5-12)9(8(11)4-6)10(13)14-2/h3-5H,1-2H3. The van der Waals surface area contributed by atoms with E-state index in [0.29, 0.717) is 16.3 Å². The van der Waals surface area contributed by atoms with Gasteiger partial charge in [-0.05, 0) is 40.5 Å². The van der Waals surface area contributed by atoms with Crippen molar-refractivity contribution in [2.75, 3.05) is 7.11 Å². The molecule has 4 heteroatoms. The number of halogens is 1. The summed E-state index contributed by atoms with van der Waals surface area (Å²) in [5.74, 6) is -0.515. The van der Waals surface area contributed by atoms with E-state index in [1.807, 2.05) is 6.92 Å². The molecule has 0 fully saturated rings. The highest BCUT2D eigenvalue weighted by Gasteiger charge is 2.15. The van der Waals surface area contributed by atoms with Crippen LogP contribution in [0.25, 0.3) is 0 Å². The van der Waals surface area contributed by atoms with Gasteiger partial charge < -0.3 is 4.74 Å². The lowest BCUT2D eigenvalue weighted by atomic mass is 10.1. The van der Waals surface area contributed by atoms with E-state index in [1.165, 1.54) is 7.11 Å². The normalized spacial score (nSPS) is 9.64. The van der Waals surface area contributed by atoms with Gasteiger partial charge in [0.15, 0.2) is 6.29 Å². The Labute approximate surface area is 90.2 Å². The minimum absolute atomic E-state index is 0.271. The van der Waals surface area contributed by atoms with Crippen molar-refractivity contribution in [3.05, 3.63) is 33.3 Å². The van der Waals surface area contributed by atoms with Gasteiger partial charge in [-0.3, -0.25) is 4.79 Å². The molecule has 0 aliphatic heterocycles. The van der Waals surface area contributed by atoms with Crippen molar-refractivity contribution in [3.8, 4) is 0 Å². The van der Waals surface area contributed by atoms with E-state index < -0.39 is 5.97 Å². The van der Waals surface area contributed by atoms with Crippen LogP contribution in [0.15, 0.2) is 16.6 Å². The zero-order valence-corrected chi connectivity index (χ0v) is 9.42. The molecule has 0 spiro atoms. The van der Waals surface area contributed by atoms with Crippen LogP contribution in [-0.4, -0.2) is 19.4 Å². The third kappa shape index (κ3) is 2.01. The van der Waals surface area contributed by atoms with Gasteiger partial charge in [-0.1, -0.05) is 0 Å². The van der Waals surface area contributed by atoms with Crippen molar-refractivity contribution < 1.29 is 14.3 Å². The van der Waals surface area contributed by atoms with Crippen LogP contribution in [0.2, 0.25) is 0 Å². The van der Waals surface area contributed by atoms with Crippen molar-refractivity contribution in [1.29, 1.82) is 0 Å². The molecule has 74 valence electrons. The number of carbonyl (C=O) groups is 2. The molecule has 1 rings (SSSR count). The minimum atomic E-state index is -0.515. The molecule has 0 unspecified atom stereocenters. The van der Waals surface area contributed by atoms with Crippen LogP contribution in [0.5, 0.6) is 0 Å². The maximum atomic E-state index is 11.3. The fourth-order valence-corrected chi connectivity index (χ4v) is 1.93. The number of aldehydes is 1. The average Bonchev–Trinajstić information content (AvgIpc) is 2.15. The molecule has 0 saturated heterocycles. The minimum Gasteiger partial charge on any atom is -0.465 e. The van der Waals surface area contributed by atoms with Gasteiger partial charge in [0, 0.05) is 10.0 Å². The van der Waals surface area contributed by atoms with Crippen molar-refractivity contribution in [2.24, 2.45) is 0 Å². The van der Waals surface area contributed by atoms with Gasteiger partial charge in [-0.2, -0.15) is 0 Å². The summed E-state index contributed by atoms with van der Waals surface area (Å²) in [6.07, 6.45) is 0.643. The van der Waals surface area contributed by atoms with Gasteiger partial charge >= 0.3 is 5.97 Å². The lowest BCUT2D eigenvalue weighted by Gasteiger charge is -2.06. The maximum absolute atomic E-state index is 11.3. The Morgan fingerprint density at radius 2 is 2.14 bits per heavy atom. The van der Waals surface area contributed by atoms with E-state index in [4.69, 9.17) is 0 Å². The summed E-state index contributed by atoms with van der Waals surface area (Å²) in [6.45, 7) is 1.85. The second-order valence-electron chi connectivity index (χ2n) is 2.82. The lowest BCUT2D eigenvalue weighted by Crippen LogP contribution is -2.06. The van der Waals surface area contributed by atoms with E-state index in [-0.39, 0.29) is 5.56 Å². The number of esters is 1. The molecule has 0 atom stereocenters. The Morgan fingerprint density at radius 1 is 1.50 bits per heavy atom. The van der Waals surface area contributed by atoms with E-state index >= 15 is 0 Å². The van der Waals surface area contributed by atoms with Crippen molar-refractivity contribution in [3.63, 3.8) is 0 Å². The Bertz CT molecular complexity index is 385. The number of hydrogen-bond donors (Lipinski definition) is 0. The molecule has 0 aliphatic carbocycles. The predicted octanol–water partition coefficient (Wildman–Crippen LogP) is 2.36. The van der Waals surface area contributed by atoms with Crippen molar-refractivity contribution >= 4 is 28.2 Å². The summed E-state index contributed by atoms with van der Waals surface area (Å²) in [6, 6.07) is 3.41. The SMILES string of the molecule is COC(=O)c1c(Br)cc(C)cc1C=O. The van der Waals surface area contributed by atoms with Crippen LogP contribution in [0.1, 0.15) is 26.3 Å². The molecule has 14 heavy (non-hydrogen) atoms. The Hall–Kier alpha value is -1.16. The van der Waals surface area contributed by atoms with Crippen LogP contribution in [0, 0.1) is 6.92 Å². The van der Waals surface area contributed by atoms with Crippen molar-refractivity contribution in [2.45, 2.75) is 6.92 Å². The van der Waals surface area contributed by atoms with Gasteiger partial charge in [0.25, 0.3) is 0 Å². The van der Waals surface area contributed by atoms with Crippen LogP contribution in [0.4, 0.5) is 0 Å². The Morgan fingerprint density at radius 3 is 2.64 bits per heavy atom. The lowest BCUT2D eigenvalue weighted by molar-refractivity contribution is 0.0597. The highest BCUT2D eigenvalue weighted by atomic mass is 79.9. The molecule has 3 nitrogen and oxygen atoms in total. The largest absolute Gasteiger partial charge is 0.465 e. The number of aryl methyl sites for hydroxylation is 1. The predicted molar refractivity (Wildman–Crippen MR) is 55.6 cm³/mol. The van der Waals surface area contributed by atoms with E-state index in [1.54, 1.807) is 12.1 Å². The number of benzene rings is 1. The Kier molecular flexibility index (Phi) is 3.41. The summed E-state index contributed by atoms with van der Waals surface area (Å²) in [5.41, 5.74) is 1.52. The Balaban J connectivity index is 3.39. The first-order valence-corrected chi connectivity index (χ1v) is 4.73. The molecule has 1 aromatic rings. The van der Waals surface area contributed by atoms with E-state index in [9.17, 15) is 9.59 Å². The molecule has 0 heterocycles. The highest BCUT2D eigenvalue weighted by molar-refractivity contribution is 9.10. The number of methoxy groups -OCH3 is 1. The number of ether oxygens (including phenoxy) is 1. The summed E-state index contributed by atoms with van der Waals surface area (Å²) in [5, 5.41) is 0. The summed E-state index contributed by atoms with van der Waals surface area (Å²) < 4.78 is 5.15. The third-order valence-electron chi connectivity index (χ3n) is 1.78. The smallest absolute Gasteiger partial charge is 0.339 e. The molecule has 0 aromatic heterocycles. The summed E-state index contributed by atoms with van der Waals surface area (Å²) in [7, 11) is 1.28. The first-order valence-electron chi connectivity index (χ1n) is 3.93. The van der Waals surface area contributed by atoms with E-state index in [0.717, 1.165) is 5.56 Å². The van der Waals surface area contributed by atoms with Gasteiger partial charge in [0.05, 0.1) is 12.7 Å². The molecule has 0 bridgehead atoms. The van der Waals surface area contributed by atoms with Crippen LogP contribution in [-0.2, 0) is 4.74 Å². The molecule has 0 aliphatic rings. The fourth-order valence-electron chi connectivity index (χ4n) is 1.18. The third-order valence-corrected chi connectivity index (χ3v) is 2.41. The van der Waals surface area contributed by atoms with E-state index in [2.05, 4.69) is 20.7 Å². The van der Waals surface area contributed by atoms with Crippen LogP contribution in [0.3, 0.4) is 0 Å². The fraction of sp³-hybridized carbons (Fsp3) is 0.200. The van der Waals surface area contributed by atoms with Crippen LogP contribution >= 0.6 is 15.9 Å². The zero-order chi connectivity index (χ0) is 10.7. The number of rotatable bonds is 2. The number of hydrogen-bond acceptors (Lipinski definition) is 3. The zero-order valence-electron chi connectivity index (χ0n) is 7.83. The molecule has 0 N–H and O–H groups in total. The molecule has 0 saturated carbocycles. The van der Waals surface area contributed by atoms with Crippen LogP contribution < -0.4 is 0 Å². The topological polar surface area (TPSA) is 43.4 Å². The van der Waals surface area contributed by atoms with Gasteiger partial charge in [-0.15, -0.1) is 0 Å². The van der Waals surface area contributed by atoms with Gasteiger partial charge in [0.1, 0.15) is 0 Å². The molecule has 0 radical (unpaired) electrons. The monoisotopic (exact) mass is 256 g/mol. The maximum Gasteiger partial charge on any atom is 0.339 e. The highest BCUT2D eigenvalue weighted by Crippen LogP contribution is 2.22. The summed E-state index contributed by atoms with van der Waals surface area (Å²) >= 11 is 3.22. The first kappa shape index (κ1) is 10.9. The average molecular weight is 257 g/mol. The second-order valence-corrected chi connectivity index (χ2v) is 3.67. The molecular formula is C10H9BrO3. The second kappa shape index (κ2) is 4.37. The number of carbonyl (C=O) groups excluding carboxylic acids is 2. The molecule has 1 aromatic carbocycles.